The number of hydrogen-bond acceptors (Lipinski definition) is 4. The lowest BCUT2D eigenvalue weighted by atomic mass is 9.88. The summed E-state index contributed by atoms with van der Waals surface area (Å²) >= 11 is 1.36. The van der Waals surface area contributed by atoms with Gasteiger partial charge in [-0.15, -0.1) is 11.3 Å². The van der Waals surface area contributed by atoms with E-state index in [4.69, 9.17) is 0 Å². The van der Waals surface area contributed by atoms with Gasteiger partial charge in [0, 0.05) is 25.2 Å². The molecule has 0 saturated carbocycles. The number of rotatable bonds is 7. The number of piperidine rings is 1. The summed E-state index contributed by atoms with van der Waals surface area (Å²) in [6, 6.07) is 10.6. The topological polar surface area (TPSA) is 78.5 Å². The van der Waals surface area contributed by atoms with Crippen LogP contribution in [0.3, 0.4) is 0 Å². The first-order valence-corrected chi connectivity index (χ1v) is 11.4. The number of nitrogens with one attached hydrogen (secondary N) is 2. The van der Waals surface area contributed by atoms with Crippen molar-refractivity contribution in [2.24, 2.45) is 5.92 Å². The van der Waals surface area contributed by atoms with Crippen molar-refractivity contribution in [3.63, 3.8) is 0 Å². The summed E-state index contributed by atoms with van der Waals surface area (Å²) in [5, 5.41) is 7.69. The molecule has 2 N–H and O–H groups in total. The quantitative estimate of drug-likeness (QED) is 0.712. The van der Waals surface area contributed by atoms with Gasteiger partial charge in [-0.1, -0.05) is 30.7 Å². The Labute approximate surface area is 181 Å². The predicted molar refractivity (Wildman–Crippen MR) is 119 cm³/mol. The summed E-state index contributed by atoms with van der Waals surface area (Å²) in [6.07, 6.45) is 2.18. The normalized spacial score (nSPS) is 15.5. The first-order valence-electron chi connectivity index (χ1n) is 10.5. The van der Waals surface area contributed by atoms with Crippen LogP contribution < -0.4 is 10.6 Å². The van der Waals surface area contributed by atoms with Crippen LogP contribution >= 0.6 is 11.3 Å². The Hall–Kier alpha value is -2.67. The molecule has 1 aliphatic rings. The van der Waals surface area contributed by atoms with Gasteiger partial charge >= 0.3 is 0 Å². The van der Waals surface area contributed by atoms with E-state index in [1.807, 2.05) is 54.5 Å². The molecule has 1 fully saturated rings. The Kier molecular flexibility index (Phi) is 7.63. The minimum atomic E-state index is -0.595. The first kappa shape index (κ1) is 22.0. The van der Waals surface area contributed by atoms with E-state index in [-0.39, 0.29) is 23.6 Å². The molecule has 3 rings (SSSR count). The number of thiophene rings is 1. The van der Waals surface area contributed by atoms with Gasteiger partial charge in [0.25, 0.3) is 11.8 Å². The molecule has 6 nitrogen and oxygen atoms in total. The van der Waals surface area contributed by atoms with E-state index in [2.05, 4.69) is 10.6 Å². The van der Waals surface area contributed by atoms with Crippen molar-refractivity contribution in [3.05, 3.63) is 57.8 Å². The van der Waals surface area contributed by atoms with E-state index < -0.39 is 6.04 Å². The second kappa shape index (κ2) is 10.4. The number of carbonyl (C=O) groups is 3. The zero-order valence-electron chi connectivity index (χ0n) is 17.5. The molecule has 0 aliphatic carbocycles. The van der Waals surface area contributed by atoms with Gasteiger partial charge in [0.2, 0.25) is 5.91 Å². The van der Waals surface area contributed by atoms with Crippen LogP contribution in [-0.2, 0) is 4.79 Å². The van der Waals surface area contributed by atoms with Crippen LogP contribution in [0.25, 0.3) is 0 Å². The van der Waals surface area contributed by atoms with Crippen molar-refractivity contribution in [3.8, 4) is 0 Å². The fourth-order valence-corrected chi connectivity index (χ4v) is 4.32. The zero-order valence-corrected chi connectivity index (χ0v) is 18.3. The minimum absolute atomic E-state index is 0.00663. The lowest BCUT2D eigenvalue weighted by Gasteiger charge is -2.35. The molecule has 1 aliphatic heterocycles. The number of nitrogens with zero attached hydrogens (tertiary/aromatic N) is 1. The van der Waals surface area contributed by atoms with E-state index in [1.54, 1.807) is 6.07 Å². The Morgan fingerprint density at radius 3 is 2.43 bits per heavy atom. The van der Waals surface area contributed by atoms with Gasteiger partial charge in [-0.25, -0.2) is 0 Å². The predicted octanol–water partition coefficient (Wildman–Crippen LogP) is 3.23. The molecular formula is C23H29N3O3S. The lowest BCUT2D eigenvalue weighted by Crippen LogP contribution is -2.53. The van der Waals surface area contributed by atoms with Gasteiger partial charge in [-0.3, -0.25) is 14.4 Å². The highest BCUT2D eigenvalue weighted by molar-refractivity contribution is 7.12. The van der Waals surface area contributed by atoms with Crippen LogP contribution in [0.15, 0.2) is 41.8 Å². The van der Waals surface area contributed by atoms with Crippen molar-refractivity contribution in [2.45, 2.75) is 39.2 Å². The molecule has 1 saturated heterocycles. The second-order valence-electron chi connectivity index (χ2n) is 7.72. The summed E-state index contributed by atoms with van der Waals surface area (Å²) in [5.74, 6) is -0.360. The van der Waals surface area contributed by atoms with Crippen LogP contribution in [-0.4, -0.2) is 48.3 Å². The molecule has 1 atom stereocenters. The molecule has 30 heavy (non-hydrogen) atoms. The monoisotopic (exact) mass is 427 g/mol. The minimum Gasteiger partial charge on any atom is -0.354 e. The Balaban J connectivity index is 1.64. The van der Waals surface area contributed by atoms with Crippen LogP contribution in [0.5, 0.6) is 0 Å². The third kappa shape index (κ3) is 5.48. The molecule has 3 amide bonds. The van der Waals surface area contributed by atoms with Crippen LogP contribution in [0.2, 0.25) is 0 Å². The van der Waals surface area contributed by atoms with E-state index in [1.165, 1.54) is 11.3 Å². The van der Waals surface area contributed by atoms with Gasteiger partial charge in [0.15, 0.2) is 0 Å². The number of carbonyl (C=O) groups excluding carboxylic acids is 3. The third-order valence-electron chi connectivity index (χ3n) is 5.46. The average molecular weight is 428 g/mol. The van der Waals surface area contributed by atoms with Crippen molar-refractivity contribution < 1.29 is 14.4 Å². The first-order chi connectivity index (χ1) is 14.5. The number of amides is 3. The Morgan fingerprint density at radius 2 is 1.83 bits per heavy atom. The molecule has 0 radical (unpaired) electrons. The summed E-state index contributed by atoms with van der Waals surface area (Å²) < 4.78 is 0. The molecule has 7 heteroatoms. The fourth-order valence-electron chi connectivity index (χ4n) is 3.69. The maximum atomic E-state index is 12.8. The summed E-state index contributed by atoms with van der Waals surface area (Å²) in [4.78, 5) is 40.6. The van der Waals surface area contributed by atoms with Crippen LogP contribution in [0, 0.1) is 12.8 Å². The Bertz CT molecular complexity index is 856. The zero-order chi connectivity index (χ0) is 21.5. The highest BCUT2D eigenvalue weighted by Crippen LogP contribution is 2.23. The van der Waals surface area contributed by atoms with E-state index in [0.29, 0.717) is 42.9 Å². The smallest absolute Gasteiger partial charge is 0.262 e. The molecular weight excluding hydrogens is 398 g/mol. The maximum absolute atomic E-state index is 12.8. The van der Waals surface area contributed by atoms with Crippen LogP contribution in [0.4, 0.5) is 0 Å². The van der Waals surface area contributed by atoms with Crippen molar-refractivity contribution in [1.82, 2.24) is 15.5 Å². The standard InChI is InChI=1S/C23H29N3O3S/c1-3-12-24-22(28)20(25-21(27)19-5-4-15-30-19)17-10-13-26(14-11-17)23(29)18-8-6-16(2)7-9-18/h4-9,15,17,20H,3,10-14H2,1-2H3,(H,24,28)(H,25,27). The molecule has 1 aromatic heterocycles. The molecule has 2 aromatic rings. The average Bonchev–Trinajstić information content (AvgIpc) is 3.31. The molecule has 0 spiro atoms. The SMILES string of the molecule is CCCNC(=O)C(NC(=O)c1cccs1)C1CCN(C(=O)c2ccc(C)cc2)CC1. The maximum Gasteiger partial charge on any atom is 0.262 e. The molecule has 1 aromatic carbocycles. The molecule has 2 heterocycles. The van der Waals surface area contributed by atoms with Gasteiger partial charge in [0.1, 0.15) is 6.04 Å². The van der Waals surface area contributed by atoms with Gasteiger partial charge in [-0.05, 0) is 55.7 Å². The van der Waals surface area contributed by atoms with E-state index in [9.17, 15) is 14.4 Å². The van der Waals surface area contributed by atoms with Crippen molar-refractivity contribution >= 4 is 29.1 Å². The largest absolute Gasteiger partial charge is 0.354 e. The third-order valence-corrected chi connectivity index (χ3v) is 6.33. The Morgan fingerprint density at radius 1 is 1.13 bits per heavy atom. The number of benzene rings is 1. The van der Waals surface area contributed by atoms with Gasteiger partial charge in [0.05, 0.1) is 4.88 Å². The summed E-state index contributed by atoms with van der Waals surface area (Å²) in [6.45, 7) is 5.71. The molecule has 0 bridgehead atoms. The van der Waals surface area contributed by atoms with Gasteiger partial charge in [-0.2, -0.15) is 0 Å². The van der Waals surface area contributed by atoms with E-state index >= 15 is 0 Å². The van der Waals surface area contributed by atoms with Gasteiger partial charge < -0.3 is 15.5 Å². The molecule has 160 valence electrons. The summed E-state index contributed by atoms with van der Waals surface area (Å²) in [7, 11) is 0. The lowest BCUT2D eigenvalue weighted by molar-refractivity contribution is -0.124. The highest BCUT2D eigenvalue weighted by atomic mass is 32.1. The number of likely N-dealkylation sites (tertiary alicyclic amines) is 1. The second-order valence-corrected chi connectivity index (χ2v) is 8.66. The fraction of sp³-hybridized carbons (Fsp3) is 0.435. The van der Waals surface area contributed by atoms with Crippen LogP contribution in [0.1, 0.15) is 51.8 Å². The van der Waals surface area contributed by atoms with Crippen molar-refractivity contribution in [2.75, 3.05) is 19.6 Å². The summed E-state index contributed by atoms with van der Waals surface area (Å²) in [5.41, 5.74) is 1.80. The molecule has 1 unspecified atom stereocenters. The van der Waals surface area contributed by atoms with Crippen molar-refractivity contribution in [1.29, 1.82) is 0 Å². The number of aryl methyl sites for hydroxylation is 1. The highest BCUT2D eigenvalue weighted by Gasteiger charge is 2.34. The number of hydrogen-bond donors (Lipinski definition) is 2. The van der Waals surface area contributed by atoms with E-state index in [0.717, 1.165) is 12.0 Å².